The van der Waals surface area contributed by atoms with E-state index in [1.54, 1.807) is 0 Å². The van der Waals surface area contributed by atoms with Crippen molar-refractivity contribution in [3.63, 3.8) is 0 Å². The van der Waals surface area contributed by atoms with Crippen molar-refractivity contribution in [1.29, 1.82) is 0 Å². The number of aliphatic hydroxyl groups is 15. The van der Waals surface area contributed by atoms with E-state index in [2.05, 4.69) is 6.08 Å². The van der Waals surface area contributed by atoms with Gasteiger partial charge in [-0.2, -0.15) is 0 Å². The molecule has 6 saturated heterocycles. The lowest BCUT2D eigenvalue weighted by Crippen LogP contribution is -2.65. The zero-order valence-electron chi connectivity index (χ0n) is 49.5. The van der Waals surface area contributed by atoms with E-state index in [1.165, 1.54) is 34.6 Å². The minimum Gasteiger partial charge on any atom is -0.463 e. The van der Waals surface area contributed by atoms with E-state index < -0.39 is 216 Å². The summed E-state index contributed by atoms with van der Waals surface area (Å²) < 4.78 is 77.1. The topological polar surface area (TPSA) is 441 Å². The first kappa shape index (κ1) is 71.9. The number of carbonyl (C=O) groups is 1. The number of carbonyl (C=O) groups excluding carboxylic acids is 1. The molecule has 0 aromatic carbocycles. The maximum Gasteiger partial charge on any atom is 0.302 e. The van der Waals surface area contributed by atoms with E-state index in [9.17, 15) is 81.4 Å². The summed E-state index contributed by atoms with van der Waals surface area (Å²) >= 11 is 0. The highest BCUT2D eigenvalue weighted by atomic mass is 16.8. The third-order valence-electron chi connectivity index (χ3n) is 16.6. The maximum atomic E-state index is 11.9. The normalized spacial score (nSPS) is 45.4. The van der Waals surface area contributed by atoms with E-state index in [0.717, 1.165) is 24.0 Å². The molecule has 15 N–H and O–H groups in total. The Morgan fingerprint density at radius 1 is 0.435 bits per heavy atom. The Hall–Kier alpha value is -2.13. The van der Waals surface area contributed by atoms with Crippen molar-refractivity contribution >= 4 is 5.97 Å². The lowest BCUT2D eigenvalue weighted by molar-refractivity contribution is -0.370. The molecule has 0 saturated carbocycles. The number of hydrogen-bond donors (Lipinski definition) is 15. The molecule has 0 aromatic heterocycles. The molecule has 6 aliphatic heterocycles. The Bertz CT molecular complexity index is 2060. The van der Waals surface area contributed by atoms with E-state index in [1.807, 2.05) is 26.8 Å². The second kappa shape index (κ2) is 33.3. The van der Waals surface area contributed by atoms with Crippen LogP contribution in [-0.4, -0.2) is 306 Å². The van der Waals surface area contributed by atoms with Gasteiger partial charge in [0.1, 0.15) is 141 Å². The Kier molecular flexibility index (Phi) is 28.2. The highest BCUT2D eigenvalue weighted by Gasteiger charge is 2.55. The van der Waals surface area contributed by atoms with Crippen LogP contribution < -0.4 is 0 Å². The lowest BCUT2D eigenvalue weighted by atomic mass is 9.95. The molecule has 85 heavy (non-hydrogen) atoms. The molecule has 0 radical (unpaired) electrons. The van der Waals surface area contributed by atoms with Crippen molar-refractivity contribution in [3.05, 3.63) is 23.3 Å². The van der Waals surface area contributed by atoms with Crippen molar-refractivity contribution in [3.8, 4) is 0 Å². The number of allylic oxidation sites excluding steroid dienone is 3. The van der Waals surface area contributed by atoms with Crippen LogP contribution in [0.3, 0.4) is 0 Å². The van der Waals surface area contributed by atoms with Gasteiger partial charge in [0.2, 0.25) is 0 Å². The number of aliphatic hydroxyl groups excluding tert-OH is 15. The first-order valence-corrected chi connectivity index (χ1v) is 29.4. The second-order valence-corrected chi connectivity index (χ2v) is 23.5. The van der Waals surface area contributed by atoms with Crippen LogP contribution in [0.5, 0.6) is 0 Å². The fourth-order valence-electron chi connectivity index (χ4n) is 11.0. The van der Waals surface area contributed by atoms with Gasteiger partial charge in [0.05, 0.1) is 57.5 Å². The van der Waals surface area contributed by atoms with Crippen LogP contribution in [0.15, 0.2) is 23.3 Å². The summed E-state index contributed by atoms with van der Waals surface area (Å²) in [4.78, 5) is 11.9. The first-order valence-electron chi connectivity index (χ1n) is 29.4. The Balaban J connectivity index is 1.03. The molecule has 0 bridgehead atoms. The molecule has 6 heterocycles. The van der Waals surface area contributed by atoms with Crippen LogP contribution in [0.1, 0.15) is 93.9 Å². The average Bonchev–Trinajstić information content (AvgIpc) is 2.02. The quantitative estimate of drug-likeness (QED) is 0.0210. The zero-order valence-corrected chi connectivity index (χ0v) is 49.5. The molecule has 29 nitrogen and oxygen atoms in total. The van der Waals surface area contributed by atoms with Gasteiger partial charge in [-0.1, -0.05) is 30.2 Å². The predicted molar refractivity (Wildman–Crippen MR) is 288 cm³/mol. The molecule has 31 atom stereocenters. The van der Waals surface area contributed by atoms with E-state index in [0.29, 0.717) is 25.7 Å². The van der Waals surface area contributed by atoms with Gasteiger partial charge in [-0.25, -0.2) is 0 Å². The molecule has 0 spiro atoms. The van der Waals surface area contributed by atoms with Crippen molar-refractivity contribution in [2.45, 2.75) is 278 Å². The number of hydrogen-bond acceptors (Lipinski definition) is 29. The summed E-state index contributed by atoms with van der Waals surface area (Å²) in [7, 11) is 0. The van der Waals surface area contributed by atoms with Gasteiger partial charge in [0, 0.05) is 6.92 Å². The van der Waals surface area contributed by atoms with Gasteiger partial charge in [0.25, 0.3) is 0 Å². The summed E-state index contributed by atoms with van der Waals surface area (Å²) in [6, 6.07) is 0. The number of ether oxygens (including phenoxy) is 13. The molecule has 0 amide bonds. The molecule has 29 heteroatoms. The minimum absolute atomic E-state index is 0.0173. The molecule has 6 fully saturated rings. The van der Waals surface area contributed by atoms with Crippen molar-refractivity contribution in [1.82, 2.24) is 0 Å². The fraction of sp³-hybridized carbons (Fsp3) is 0.911. The fourth-order valence-corrected chi connectivity index (χ4v) is 11.0. The molecular weight excluding hydrogens is 1140 g/mol. The Labute approximate surface area is 494 Å². The molecule has 494 valence electrons. The second-order valence-electron chi connectivity index (χ2n) is 23.5. The van der Waals surface area contributed by atoms with Gasteiger partial charge in [0.15, 0.2) is 25.2 Å². The lowest BCUT2D eigenvalue weighted by Gasteiger charge is -2.47. The summed E-state index contributed by atoms with van der Waals surface area (Å²) in [5.74, 6) is -0.744. The molecule has 6 aliphatic rings. The third kappa shape index (κ3) is 18.8. The molecule has 0 aromatic rings. The number of esters is 1. The average molecular weight is 1230 g/mol. The van der Waals surface area contributed by atoms with Crippen LogP contribution in [0, 0.1) is 5.92 Å². The van der Waals surface area contributed by atoms with E-state index >= 15 is 0 Å². The van der Waals surface area contributed by atoms with Gasteiger partial charge >= 0.3 is 5.97 Å². The summed E-state index contributed by atoms with van der Waals surface area (Å²) in [6.45, 7) is 11.1. The smallest absolute Gasteiger partial charge is 0.302 e. The SMILES string of the molecule is CC(=O)OC[C@H]1O[C@@H](OCC/C=C(\C)CC/C=C(\C)CCCC(C)CO[C@@H]2O[C@H](CO)[C@@H](O)[C@H](OC[C@@H]3O[C@@H](C)[C@H](O)[C@@H](O)[C@H]3O)[C@H]2O[C@@H]2O[C@@H](C)[C@H](O)[C@@H](O)[C@H]2O)[C@H](O[C@@H]2O[C@@H](C)[C@H](O)[C@@H](O)[C@H]2O)[C@@H](OC[C@@H]2O[C@@H](C)[C@H](O)[C@@H](O)[C@H]2O)[C@@H]1O. The molecule has 1 unspecified atom stereocenters. The van der Waals surface area contributed by atoms with E-state index in [-0.39, 0.29) is 19.1 Å². The van der Waals surface area contributed by atoms with Gasteiger partial charge in [-0.3, -0.25) is 4.79 Å². The van der Waals surface area contributed by atoms with E-state index in [4.69, 9.17) is 61.6 Å². The predicted octanol–water partition coefficient (Wildman–Crippen LogP) is -4.45. The first-order chi connectivity index (χ1) is 40.1. The van der Waals surface area contributed by atoms with Crippen LogP contribution in [0.2, 0.25) is 0 Å². The largest absolute Gasteiger partial charge is 0.463 e. The van der Waals surface area contributed by atoms with Crippen LogP contribution in [0.4, 0.5) is 0 Å². The number of rotatable bonds is 27. The van der Waals surface area contributed by atoms with Gasteiger partial charge in [-0.05, 0) is 86.0 Å². The van der Waals surface area contributed by atoms with Crippen LogP contribution in [-0.2, 0) is 66.4 Å². The highest BCUT2D eigenvalue weighted by molar-refractivity contribution is 5.65. The molecule has 0 aliphatic carbocycles. The third-order valence-corrected chi connectivity index (χ3v) is 16.6. The Morgan fingerprint density at radius 2 is 0.847 bits per heavy atom. The Morgan fingerprint density at radius 3 is 1.33 bits per heavy atom. The zero-order chi connectivity index (χ0) is 62.7. The standard InChI is InChI=1S/C56H96O29/c1-23(14-10-15-25(3)19-77-56-52(85-54-48(72)46(70)38(62)29(7)81-54)49(41(65)31(18-57)82-56)75-21-32-39(63)43(67)35(59)26(4)78-32)12-9-13-24(2)16-11-17-73-55-51(84-53-47(71)45(69)37(61)28(6)80-53)50(42(66)34(83-55)20-74-30(8)58)76-22-33-40(64)44(68)36(60)27(5)79-33/h12,16,25-29,31-57,59-72H,9-11,13-15,17-22H2,1-8H3/b23-12+,24-16+/t25?,26-,27-,28-,29-,31+,32-,33-,34+,35-,36-,37-,38-,39-,40-,41+,42+,43+,44+,45+,46+,47+,48+,49-,50-,51+,52+,53-,54-,55+,56+/m0/s1. The summed E-state index contributed by atoms with van der Waals surface area (Å²) in [6.07, 6.45) is -34.4. The summed E-state index contributed by atoms with van der Waals surface area (Å²) in [5.41, 5.74) is 2.17. The molecule has 6 rings (SSSR count). The monoisotopic (exact) mass is 1230 g/mol. The molecular formula is C56H96O29. The van der Waals surface area contributed by atoms with Crippen molar-refractivity contribution < 1.29 is 143 Å². The van der Waals surface area contributed by atoms with Gasteiger partial charge < -0.3 is 138 Å². The van der Waals surface area contributed by atoms with Gasteiger partial charge in [-0.15, -0.1) is 0 Å². The van der Waals surface area contributed by atoms with Crippen LogP contribution in [0.25, 0.3) is 0 Å². The van der Waals surface area contributed by atoms with Crippen molar-refractivity contribution in [2.75, 3.05) is 39.6 Å². The van der Waals surface area contributed by atoms with Crippen molar-refractivity contribution in [2.24, 2.45) is 5.92 Å². The highest BCUT2D eigenvalue weighted by Crippen LogP contribution is 2.35. The summed E-state index contributed by atoms with van der Waals surface area (Å²) in [5, 5.41) is 160. The maximum absolute atomic E-state index is 11.9. The van der Waals surface area contributed by atoms with Crippen LogP contribution >= 0.6 is 0 Å². The minimum atomic E-state index is -1.78.